The number of pyridine rings is 1. The number of imidazole rings is 1. The topological polar surface area (TPSA) is 46.4 Å². The number of fused-ring (bicyclic) bond motifs is 1. The van der Waals surface area contributed by atoms with Crippen LogP contribution in [0, 0.1) is 6.92 Å². The number of aryl methyl sites for hydroxylation is 1. The quantitative estimate of drug-likeness (QED) is 0.943. The van der Waals surface area contributed by atoms with Crippen molar-refractivity contribution in [2.24, 2.45) is 0 Å². The van der Waals surface area contributed by atoms with E-state index in [-0.39, 0.29) is 11.9 Å². The Morgan fingerprint density at radius 1 is 1.53 bits per heavy atom. The predicted molar refractivity (Wildman–Crippen MR) is 77.2 cm³/mol. The molecule has 1 amide bonds. The molecule has 102 valence electrons. The van der Waals surface area contributed by atoms with Crippen LogP contribution in [-0.4, -0.2) is 21.3 Å². The van der Waals surface area contributed by atoms with Gasteiger partial charge in [0.15, 0.2) is 5.65 Å². The van der Waals surface area contributed by atoms with Crippen molar-refractivity contribution in [3.05, 3.63) is 33.7 Å². The molecule has 2 aromatic rings. The first-order chi connectivity index (χ1) is 8.93. The van der Waals surface area contributed by atoms with Crippen LogP contribution in [0.1, 0.15) is 36.5 Å². The number of aromatic nitrogens is 2. The fraction of sp³-hybridized carbons (Fsp3) is 0.385. The number of amides is 1. The summed E-state index contributed by atoms with van der Waals surface area (Å²) in [6, 6.07) is 1.72. The molecule has 2 heterocycles. The van der Waals surface area contributed by atoms with Gasteiger partial charge in [0.1, 0.15) is 5.69 Å². The summed E-state index contributed by atoms with van der Waals surface area (Å²) in [4.78, 5) is 16.6. The largest absolute Gasteiger partial charge is 0.348 e. The van der Waals surface area contributed by atoms with Gasteiger partial charge < -0.3 is 5.32 Å². The fourth-order valence-corrected chi connectivity index (χ4v) is 2.37. The number of hydrogen-bond acceptors (Lipinski definition) is 2. The van der Waals surface area contributed by atoms with Gasteiger partial charge in [-0.2, -0.15) is 0 Å². The van der Waals surface area contributed by atoms with Gasteiger partial charge in [0, 0.05) is 12.2 Å². The number of nitrogens with zero attached hydrogens (tertiary/aromatic N) is 2. The Morgan fingerprint density at radius 3 is 2.84 bits per heavy atom. The molecule has 0 spiro atoms. The number of carbonyl (C=O) groups excluding carboxylic acids is 1. The zero-order valence-electron chi connectivity index (χ0n) is 11.0. The SMILES string of the molecule is CCC(C)NC(=O)c1c(C)nc2c(Cl)cc(Cl)cn12. The standard InChI is InChI=1S/C13H15Cl2N3O/c1-4-7(2)16-13(19)11-8(3)17-12-10(15)5-9(14)6-18(11)12/h5-7H,4H2,1-3H3,(H,16,19). The van der Waals surface area contributed by atoms with Crippen LogP contribution in [0.3, 0.4) is 0 Å². The van der Waals surface area contributed by atoms with E-state index in [1.54, 1.807) is 23.6 Å². The van der Waals surface area contributed by atoms with Crippen LogP contribution in [0.15, 0.2) is 12.3 Å². The average Bonchev–Trinajstić information content (AvgIpc) is 2.65. The van der Waals surface area contributed by atoms with Gasteiger partial charge in [-0.3, -0.25) is 9.20 Å². The van der Waals surface area contributed by atoms with Crippen LogP contribution in [0.4, 0.5) is 0 Å². The van der Waals surface area contributed by atoms with E-state index < -0.39 is 0 Å². The maximum Gasteiger partial charge on any atom is 0.270 e. The van der Waals surface area contributed by atoms with Crippen molar-refractivity contribution < 1.29 is 4.79 Å². The molecule has 1 N–H and O–H groups in total. The lowest BCUT2D eigenvalue weighted by Crippen LogP contribution is -2.33. The van der Waals surface area contributed by atoms with Crippen LogP contribution in [0.5, 0.6) is 0 Å². The third kappa shape index (κ3) is 2.69. The minimum Gasteiger partial charge on any atom is -0.348 e. The normalized spacial score (nSPS) is 12.7. The molecule has 0 aliphatic heterocycles. The number of halogens is 2. The van der Waals surface area contributed by atoms with E-state index in [9.17, 15) is 4.79 Å². The third-order valence-corrected chi connectivity index (χ3v) is 3.51. The molecule has 0 radical (unpaired) electrons. The van der Waals surface area contributed by atoms with Gasteiger partial charge >= 0.3 is 0 Å². The van der Waals surface area contributed by atoms with Crippen molar-refractivity contribution in [1.29, 1.82) is 0 Å². The van der Waals surface area contributed by atoms with Crippen molar-refractivity contribution in [2.45, 2.75) is 33.2 Å². The summed E-state index contributed by atoms with van der Waals surface area (Å²) in [5.41, 5.74) is 1.64. The van der Waals surface area contributed by atoms with Crippen LogP contribution in [-0.2, 0) is 0 Å². The van der Waals surface area contributed by atoms with Gasteiger partial charge in [0.25, 0.3) is 5.91 Å². The van der Waals surface area contributed by atoms with Crippen LogP contribution >= 0.6 is 23.2 Å². The average molecular weight is 300 g/mol. The van der Waals surface area contributed by atoms with E-state index >= 15 is 0 Å². The second-order valence-electron chi connectivity index (χ2n) is 4.53. The van der Waals surface area contributed by atoms with E-state index in [0.29, 0.717) is 27.1 Å². The maximum absolute atomic E-state index is 12.3. The molecule has 0 aliphatic carbocycles. The van der Waals surface area contributed by atoms with E-state index in [2.05, 4.69) is 10.3 Å². The molecule has 19 heavy (non-hydrogen) atoms. The molecule has 0 saturated carbocycles. The van der Waals surface area contributed by atoms with Crippen molar-refractivity contribution >= 4 is 34.8 Å². The summed E-state index contributed by atoms with van der Waals surface area (Å²) in [5.74, 6) is -0.169. The molecular formula is C13H15Cl2N3O. The smallest absolute Gasteiger partial charge is 0.270 e. The molecule has 0 fully saturated rings. The van der Waals surface area contributed by atoms with Crippen LogP contribution < -0.4 is 5.32 Å². The number of nitrogens with one attached hydrogen (secondary N) is 1. The first-order valence-electron chi connectivity index (χ1n) is 6.08. The van der Waals surface area contributed by atoms with E-state index in [1.807, 2.05) is 13.8 Å². The molecule has 2 rings (SSSR count). The third-order valence-electron chi connectivity index (χ3n) is 3.02. The zero-order chi connectivity index (χ0) is 14.2. The first kappa shape index (κ1) is 14.2. The molecule has 1 atom stereocenters. The van der Waals surface area contributed by atoms with Crippen molar-refractivity contribution in [2.75, 3.05) is 0 Å². The number of rotatable bonds is 3. The maximum atomic E-state index is 12.3. The summed E-state index contributed by atoms with van der Waals surface area (Å²) >= 11 is 12.1. The molecule has 2 aromatic heterocycles. The van der Waals surface area contributed by atoms with Crippen molar-refractivity contribution in [3.8, 4) is 0 Å². The van der Waals surface area contributed by atoms with Gasteiger partial charge in [-0.05, 0) is 26.3 Å². The molecule has 0 saturated heterocycles. The van der Waals surface area contributed by atoms with E-state index in [1.165, 1.54) is 0 Å². The Hall–Kier alpha value is -1.26. The van der Waals surface area contributed by atoms with E-state index in [0.717, 1.165) is 6.42 Å². The van der Waals surface area contributed by atoms with Gasteiger partial charge in [-0.1, -0.05) is 30.1 Å². The lowest BCUT2D eigenvalue weighted by molar-refractivity contribution is 0.0932. The molecule has 6 heteroatoms. The molecule has 4 nitrogen and oxygen atoms in total. The van der Waals surface area contributed by atoms with E-state index in [4.69, 9.17) is 23.2 Å². The highest BCUT2D eigenvalue weighted by Gasteiger charge is 2.19. The van der Waals surface area contributed by atoms with Crippen LogP contribution in [0.2, 0.25) is 10.0 Å². The van der Waals surface area contributed by atoms with Crippen molar-refractivity contribution in [1.82, 2.24) is 14.7 Å². The van der Waals surface area contributed by atoms with Gasteiger partial charge in [-0.15, -0.1) is 0 Å². The minimum absolute atomic E-state index is 0.104. The highest BCUT2D eigenvalue weighted by Crippen LogP contribution is 2.24. The molecule has 0 bridgehead atoms. The lowest BCUT2D eigenvalue weighted by Gasteiger charge is -2.11. The summed E-state index contributed by atoms with van der Waals surface area (Å²) in [7, 11) is 0. The summed E-state index contributed by atoms with van der Waals surface area (Å²) < 4.78 is 1.64. The highest BCUT2D eigenvalue weighted by molar-refractivity contribution is 6.36. The van der Waals surface area contributed by atoms with Gasteiger partial charge in [0.05, 0.1) is 15.7 Å². The fourth-order valence-electron chi connectivity index (χ4n) is 1.85. The van der Waals surface area contributed by atoms with Gasteiger partial charge in [0.2, 0.25) is 0 Å². The second kappa shape index (κ2) is 5.39. The number of hydrogen-bond donors (Lipinski definition) is 1. The summed E-state index contributed by atoms with van der Waals surface area (Å²) in [6.07, 6.45) is 2.51. The molecule has 1 unspecified atom stereocenters. The van der Waals surface area contributed by atoms with Gasteiger partial charge in [-0.25, -0.2) is 4.98 Å². The Morgan fingerprint density at radius 2 is 2.21 bits per heavy atom. The molecular weight excluding hydrogens is 285 g/mol. The van der Waals surface area contributed by atoms with Crippen molar-refractivity contribution in [3.63, 3.8) is 0 Å². The Kier molecular flexibility index (Phi) is 4.02. The monoisotopic (exact) mass is 299 g/mol. The Labute approximate surface area is 121 Å². The highest BCUT2D eigenvalue weighted by atomic mass is 35.5. The first-order valence-corrected chi connectivity index (χ1v) is 6.84. The summed E-state index contributed by atoms with van der Waals surface area (Å²) in [6.45, 7) is 5.75. The number of carbonyl (C=O) groups is 1. The second-order valence-corrected chi connectivity index (χ2v) is 5.37. The zero-order valence-corrected chi connectivity index (χ0v) is 12.5. The Balaban J connectivity index is 2.54. The predicted octanol–water partition coefficient (Wildman–Crippen LogP) is 3.48. The lowest BCUT2D eigenvalue weighted by atomic mass is 10.2. The van der Waals surface area contributed by atoms with Crippen LogP contribution in [0.25, 0.3) is 5.65 Å². The molecule has 0 aromatic carbocycles. The minimum atomic E-state index is -0.169. The summed E-state index contributed by atoms with van der Waals surface area (Å²) in [5, 5.41) is 3.81. The Bertz CT molecular complexity index is 636. The molecule has 0 aliphatic rings.